The summed E-state index contributed by atoms with van der Waals surface area (Å²) in [6.07, 6.45) is 3.00. The average molecular weight is 255 g/mol. The summed E-state index contributed by atoms with van der Waals surface area (Å²) >= 11 is 1.73. The van der Waals surface area contributed by atoms with Gasteiger partial charge in [0, 0.05) is 36.6 Å². The van der Waals surface area contributed by atoms with Crippen molar-refractivity contribution >= 4 is 11.3 Å². The predicted molar refractivity (Wildman–Crippen MR) is 70.6 cm³/mol. The molecule has 1 fully saturated rings. The molecule has 1 aliphatic rings. The van der Waals surface area contributed by atoms with Crippen LogP contribution in [0.5, 0.6) is 0 Å². The topological polar surface area (TPSA) is 46.2 Å². The largest absolute Gasteiger partial charge is 0.379 e. The monoisotopic (exact) mass is 255 g/mol. The van der Waals surface area contributed by atoms with Gasteiger partial charge in [0.05, 0.1) is 18.2 Å². The molecule has 0 radical (unpaired) electrons. The molecule has 96 valence electrons. The molecule has 4 nitrogen and oxygen atoms in total. The Balaban J connectivity index is 1.56. The summed E-state index contributed by atoms with van der Waals surface area (Å²) in [5.41, 5.74) is 0. The van der Waals surface area contributed by atoms with Gasteiger partial charge in [0.25, 0.3) is 0 Å². The Morgan fingerprint density at radius 1 is 1.71 bits per heavy atom. The molecule has 0 amide bonds. The van der Waals surface area contributed by atoms with Crippen molar-refractivity contribution in [2.24, 2.45) is 0 Å². The summed E-state index contributed by atoms with van der Waals surface area (Å²) in [6.45, 7) is 6.94. The summed E-state index contributed by atoms with van der Waals surface area (Å²) in [6, 6.07) is 0.520. The lowest BCUT2D eigenvalue weighted by atomic mass is 10.1. The second kappa shape index (κ2) is 7.06. The van der Waals surface area contributed by atoms with Crippen LogP contribution in [0.25, 0.3) is 0 Å². The Morgan fingerprint density at radius 3 is 3.35 bits per heavy atom. The first-order valence-electron chi connectivity index (χ1n) is 6.27. The van der Waals surface area contributed by atoms with Gasteiger partial charge in [-0.3, -0.25) is 0 Å². The highest BCUT2D eigenvalue weighted by molar-refractivity contribution is 7.09. The van der Waals surface area contributed by atoms with Gasteiger partial charge in [-0.2, -0.15) is 0 Å². The molecule has 0 bridgehead atoms. The Kier molecular flexibility index (Phi) is 5.38. The minimum absolute atomic E-state index is 0.505. The van der Waals surface area contributed by atoms with Gasteiger partial charge in [-0.15, -0.1) is 11.3 Å². The summed E-state index contributed by atoms with van der Waals surface area (Å²) < 4.78 is 5.42. The van der Waals surface area contributed by atoms with Crippen LogP contribution in [0.1, 0.15) is 24.3 Å². The zero-order valence-corrected chi connectivity index (χ0v) is 11.1. The third-order valence-corrected chi connectivity index (χ3v) is 4.00. The Morgan fingerprint density at radius 2 is 2.65 bits per heavy atom. The summed E-state index contributed by atoms with van der Waals surface area (Å²) in [4.78, 5) is 4.33. The average Bonchev–Trinajstić information content (AvgIpc) is 2.89. The van der Waals surface area contributed by atoms with E-state index in [0.29, 0.717) is 12.0 Å². The van der Waals surface area contributed by atoms with Crippen LogP contribution in [0.2, 0.25) is 0 Å². The molecule has 1 saturated heterocycles. The van der Waals surface area contributed by atoms with E-state index in [2.05, 4.69) is 22.5 Å². The normalized spacial score (nSPS) is 22.5. The molecule has 17 heavy (non-hydrogen) atoms. The first-order chi connectivity index (χ1) is 8.36. The van der Waals surface area contributed by atoms with Crippen LogP contribution in [-0.2, 0) is 4.74 Å². The molecule has 0 aliphatic carbocycles. The highest BCUT2D eigenvalue weighted by Crippen LogP contribution is 2.16. The smallest absolute Gasteiger partial charge is 0.0965 e. The Hall–Kier alpha value is -0.490. The number of hydrogen-bond donors (Lipinski definition) is 2. The molecule has 2 atom stereocenters. The van der Waals surface area contributed by atoms with Crippen molar-refractivity contribution in [2.75, 3.05) is 32.8 Å². The van der Waals surface area contributed by atoms with Gasteiger partial charge >= 0.3 is 0 Å². The Bertz CT molecular complexity index is 299. The van der Waals surface area contributed by atoms with Gasteiger partial charge in [0.15, 0.2) is 0 Å². The van der Waals surface area contributed by atoms with E-state index >= 15 is 0 Å². The van der Waals surface area contributed by atoms with E-state index in [4.69, 9.17) is 4.74 Å². The van der Waals surface area contributed by atoms with E-state index in [9.17, 15) is 0 Å². The number of aromatic nitrogens is 1. The van der Waals surface area contributed by atoms with E-state index in [1.165, 1.54) is 5.01 Å². The minimum Gasteiger partial charge on any atom is -0.379 e. The van der Waals surface area contributed by atoms with E-state index in [-0.39, 0.29) is 0 Å². The second-order valence-electron chi connectivity index (χ2n) is 4.49. The molecule has 2 rings (SSSR count). The van der Waals surface area contributed by atoms with Gasteiger partial charge in [0.2, 0.25) is 0 Å². The fourth-order valence-electron chi connectivity index (χ4n) is 1.97. The van der Waals surface area contributed by atoms with Crippen LogP contribution < -0.4 is 10.6 Å². The molecule has 2 unspecified atom stereocenters. The van der Waals surface area contributed by atoms with Crippen molar-refractivity contribution in [1.82, 2.24) is 15.6 Å². The van der Waals surface area contributed by atoms with E-state index in [0.717, 1.165) is 39.3 Å². The number of nitrogens with one attached hydrogen (secondary N) is 2. The molecule has 2 heterocycles. The molecule has 1 aliphatic heterocycles. The van der Waals surface area contributed by atoms with Gasteiger partial charge < -0.3 is 15.4 Å². The van der Waals surface area contributed by atoms with Crippen LogP contribution in [-0.4, -0.2) is 43.9 Å². The number of thiazole rings is 1. The molecule has 1 aromatic heterocycles. The maximum absolute atomic E-state index is 5.42. The SMILES string of the molecule is CC(CNCCC1COCCN1)c1nccs1. The summed E-state index contributed by atoms with van der Waals surface area (Å²) in [5.74, 6) is 0.505. The minimum atomic E-state index is 0.505. The maximum atomic E-state index is 5.42. The van der Waals surface area contributed by atoms with Crippen LogP contribution in [0.3, 0.4) is 0 Å². The van der Waals surface area contributed by atoms with Crippen LogP contribution in [0.4, 0.5) is 0 Å². The molecular formula is C12H21N3OS. The van der Waals surface area contributed by atoms with Crippen LogP contribution in [0, 0.1) is 0 Å². The Labute approximate surface area is 107 Å². The summed E-state index contributed by atoms with van der Waals surface area (Å²) in [5, 5.41) is 10.2. The van der Waals surface area contributed by atoms with Crippen molar-refractivity contribution < 1.29 is 4.74 Å². The molecule has 0 spiro atoms. The van der Waals surface area contributed by atoms with Crippen molar-refractivity contribution in [3.05, 3.63) is 16.6 Å². The molecule has 0 saturated carbocycles. The molecule has 0 aromatic carbocycles. The molecule has 5 heteroatoms. The second-order valence-corrected chi connectivity index (χ2v) is 5.42. The first kappa shape index (κ1) is 13.0. The van der Waals surface area contributed by atoms with Crippen LogP contribution in [0.15, 0.2) is 11.6 Å². The standard InChI is InChI=1S/C12H21N3OS/c1-10(12-15-5-7-17-12)8-13-3-2-11-9-16-6-4-14-11/h5,7,10-11,13-14H,2-4,6,8-9H2,1H3. The molecule has 2 N–H and O–H groups in total. The fraction of sp³-hybridized carbons (Fsp3) is 0.750. The highest BCUT2D eigenvalue weighted by Gasteiger charge is 2.12. The van der Waals surface area contributed by atoms with E-state index in [1.54, 1.807) is 11.3 Å². The van der Waals surface area contributed by atoms with Crippen molar-refractivity contribution in [3.63, 3.8) is 0 Å². The zero-order chi connectivity index (χ0) is 11.9. The quantitative estimate of drug-likeness (QED) is 0.750. The summed E-state index contributed by atoms with van der Waals surface area (Å²) in [7, 11) is 0. The van der Waals surface area contributed by atoms with Gasteiger partial charge in [-0.1, -0.05) is 6.92 Å². The third-order valence-electron chi connectivity index (χ3n) is 2.99. The number of rotatable bonds is 6. The lowest BCUT2D eigenvalue weighted by Gasteiger charge is -2.24. The van der Waals surface area contributed by atoms with Gasteiger partial charge in [-0.25, -0.2) is 4.98 Å². The molecular weight excluding hydrogens is 234 g/mol. The van der Waals surface area contributed by atoms with Gasteiger partial charge in [0.1, 0.15) is 0 Å². The number of ether oxygens (including phenoxy) is 1. The van der Waals surface area contributed by atoms with Crippen molar-refractivity contribution in [3.8, 4) is 0 Å². The predicted octanol–water partition coefficient (Wildman–Crippen LogP) is 1.21. The lowest BCUT2D eigenvalue weighted by Crippen LogP contribution is -2.42. The van der Waals surface area contributed by atoms with E-state index in [1.807, 2.05) is 11.6 Å². The highest BCUT2D eigenvalue weighted by atomic mass is 32.1. The van der Waals surface area contributed by atoms with Crippen molar-refractivity contribution in [1.29, 1.82) is 0 Å². The first-order valence-corrected chi connectivity index (χ1v) is 7.15. The maximum Gasteiger partial charge on any atom is 0.0965 e. The third kappa shape index (κ3) is 4.35. The number of hydrogen-bond acceptors (Lipinski definition) is 5. The number of morpholine rings is 1. The number of nitrogens with zero attached hydrogens (tertiary/aromatic N) is 1. The lowest BCUT2D eigenvalue weighted by molar-refractivity contribution is 0.0742. The van der Waals surface area contributed by atoms with Crippen molar-refractivity contribution in [2.45, 2.75) is 25.3 Å². The fourth-order valence-corrected chi connectivity index (χ4v) is 2.66. The van der Waals surface area contributed by atoms with Crippen LogP contribution >= 0.6 is 11.3 Å². The van der Waals surface area contributed by atoms with Gasteiger partial charge in [-0.05, 0) is 13.0 Å². The molecule has 1 aromatic rings. The zero-order valence-electron chi connectivity index (χ0n) is 10.3. The van der Waals surface area contributed by atoms with E-state index < -0.39 is 0 Å².